The molecule has 0 radical (unpaired) electrons. The monoisotopic (exact) mass is 331 g/mol. The molecule has 7 heteroatoms. The molecule has 2 rings (SSSR count). The van der Waals surface area contributed by atoms with Crippen molar-refractivity contribution >= 4 is 22.8 Å². The summed E-state index contributed by atoms with van der Waals surface area (Å²) in [6, 6.07) is 6.16. The van der Waals surface area contributed by atoms with E-state index in [0.717, 1.165) is 0 Å². The Morgan fingerprint density at radius 1 is 1.29 bits per heavy atom. The summed E-state index contributed by atoms with van der Waals surface area (Å²) < 4.78 is 0. The molecule has 1 heterocycles. The molecule has 1 atom stereocenters. The van der Waals surface area contributed by atoms with E-state index in [-0.39, 0.29) is 23.8 Å². The van der Waals surface area contributed by atoms with E-state index >= 15 is 0 Å². The summed E-state index contributed by atoms with van der Waals surface area (Å²) in [6.07, 6.45) is 1.08. The molecule has 0 saturated carbocycles. The highest BCUT2D eigenvalue weighted by atomic mass is 16.4. The number of H-pyrrole nitrogens is 1. The molecule has 0 unspecified atom stereocenters. The normalized spacial score (nSPS) is 12.3. The van der Waals surface area contributed by atoms with Gasteiger partial charge in [-0.15, -0.1) is 0 Å². The Morgan fingerprint density at radius 3 is 2.67 bits per heavy atom. The lowest BCUT2D eigenvalue weighted by atomic mass is 10.0. The van der Waals surface area contributed by atoms with Crippen LogP contribution in [-0.2, 0) is 16.0 Å². The standard InChI is InChI=1S/C17H21N3O4/c1-10(2)15(17(23)24)20-14(21)9-5-8-13-18-12-7-4-3-6-11(12)16(22)19-13/h3-4,6-7,10,15H,5,8-9H2,1-2H3,(H,20,21)(H,23,24)(H,18,19,22)/t15-/m0/s1. The molecule has 1 aromatic heterocycles. The quantitative estimate of drug-likeness (QED) is 0.711. The van der Waals surface area contributed by atoms with E-state index in [9.17, 15) is 14.4 Å². The molecule has 0 aliphatic rings. The van der Waals surface area contributed by atoms with Gasteiger partial charge in [0.15, 0.2) is 0 Å². The average Bonchev–Trinajstić information content (AvgIpc) is 2.52. The number of fused-ring (bicyclic) bond motifs is 1. The minimum Gasteiger partial charge on any atom is -0.480 e. The van der Waals surface area contributed by atoms with Gasteiger partial charge in [0, 0.05) is 12.8 Å². The number of hydrogen-bond acceptors (Lipinski definition) is 4. The summed E-state index contributed by atoms with van der Waals surface area (Å²) in [5.74, 6) is -1.03. The number of carboxylic acid groups (broad SMARTS) is 1. The zero-order chi connectivity index (χ0) is 17.7. The van der Waals surface area contributed by atoms with Crippen molar-refractivity contribution in [1.29, 1.82) is 0 Å². The maximum absolute atomic E-state index is 12.0. The maximum atomic E-state index is 12.0. The summed E-state index contributed by atoms with van der Waals surface area (Å²) >= 11 is 0. The number of aromatic nitrogens is 2. The smallest absolute Gasteiger partial charge is 0.326 e. The molecule has 3 N–H and O–H groups in total. The van der Waals surface area contributed by atoms with Crippen LogP contribution >= 0.6 is 0 Å². The van der Waals surface area contributed by atoms with Crippen molar-refractivity contribution in [3.05, 3.63) is 40.4 Å². The zero-order valence-electron chi connectivity index (χ0n) is 13.7. The largest absolute Gasteiger partial charge is 0.480 e. The highest BCUT2D eigenvalue weighted by molar-refractivity contribution is 5.83. The van der Waals surface area contributed by atoms with Crippen molar-refractivity contribution in [1.82, 2.24) is 15.3 Å². The Kier molecular flexibility index (Phi) is 5.68. The molecule has 0 aliphatic carbocycles. The van der Waals surface area contributed by atoms with Crippen LogP contribution in [-0.4, -0.2) is 33.0 Å². The molecule has 0 bridgehead atoms. The third-order valence-corrected chi connectivity index (χ3v) is 3.73. The van der Waals surface area contributed by atoms with Gasteiger partial charge in [-0.05, 0) is 24.5 Å². The molecule has 0 saturated heterocycles. The zero-order valence-corrected chi connectivity index (χ0v) is 13.7. The van der Waals surface area contributed by atoms with Crippen LogP contribution in [0, 0.1) is 5.92 Å². The van der Waals surface area contributed by atoms with Crippen LogP contribution in [0.2, 0.25) is 0 Å². The van der Waals surface area contributed by atoms with Crippen LogP contribution in [0.15, 0.2) is 29.1 Å². The Labute approximate surface area is 139 Å². The third kappa shape index (κ3) is 4.41. The molecular formula is C17H21N3O4. The van der Waals surface area contributed by atoms with Crippen LogP contribution < -0.4 is 10.9 Å². The number of hydrogen-bond donors (Lipinski definition) is 3. The summed E-state index contributed by atoms with van der Waals surface area (Å²) in [6.45, 7) is 3.48. The van der Waals surface area contributed by atoms with E-state index in [1.165, 1.54) is 0 Å². The van der Waals surface area contributed by atoms with Crippen LogP contribution in [0.25, 0.3) is 10.9 Å². The van der Waals surface area contributed by atoms with Crippen LogP contribution in [0.3, 0.4) is 0 Å². The number of amides is 1. The first kappa shape index (κ1) is 17.7. The van der Waals surface area contributed by atoms with Gasteiger partial charge in [0.1, 0.15) is 11.9 Å². The Morgan fingerprint density at radius 2 is 2.00 bits per heavy atom. The number of carbonyl (C=O) groups excluding carboxylic acids is 1. The Bertz CT molecular complexity index is 798. The Balaban J connectivity index is 1.93. The van der Waals surface area contributed by atoms with E-state index in [1.807, 2.05) is 6.07 Å². The van der Waals surface area contributed by atoms with E-state index < -0.39 is 12.0 Å². The van der Waals surface area contributed by atoms with Gasteiger partial charge in [-0.2, -0.15) is 0 Å². The summed E-state index contributed by atoms with van der Waals surface area (Å²) in [4.78, 5) is 42.0. The minimum atomic E-state index is -1.04. The number of aliphatic carboxylic acids is 1. The molecule has 0 spiro atoms. The molecular weight excluding hydrogens is 310 g/mol. The van der Waals surface area contributed by atoms with E-state index in [4.69, 9.17) is 5.11 Å². The van der Waals surface area contributed by atoms with Crippen LogP contribution in [0.5, 0.6) is 0 Å². The molecule has 0 fully saturated rings. The molecule has 128 valence electrons. The lowest BCUT2D eigenvalue weighted by Gasteiger charge is -2.17. The highest BCUT2D eigenvalue weighted by Gasteiger charge is 2.22. The molecule has 7 nitrogen and oxygen atoms in total. The number of rotatable bonds is 7. The number of carbonyl (C=O) groups is 2. The topological polar surface area (TPSA) is 112 Å². The second-order valence-electron chi connectivity index (χ2n) is 6.01. The highest BCUT2D eigenvalue weighted by Crippen LogP contribution is 2.08. The van der Waals surface area contributed by atoms with E-state index in [2.05, 4.69) is 15.3 Å². The van der Waals surface area contributed by atoms with Crippen molar-refractivity contribution < 1.29 is 14.7 Å². The fourth-order valence-corrected chi connectivity index (χ4v) is 2.43. The summed E-state index contributed by atoms with van der Waals surface area (Å²) in [7, 11) is 0. The van der Waals surface area contributed by atoms with Gasteiger partial charge in [-0.25, -0.2) is 9.78 Å². The van der Waals surface area contributed by atoms with Gasteiger partial charge in [0.05, 0.1) is 10.9 Å². The Hall–Kier alpha value is -2.70. The summed E-state index contributed by atoms with van der Waals surface area (Å²) in [5, 5.41) is 12.1. The average molecular weight is 331 g/mol. The predicted molar refractivity (Wildman–Crippen MR) is 89.7 cm³/mol. The number of nitrogens with zero attached hydrogens (tertiary/aromatic N) is 1. The molecule has 2 aromatic rings. The SMILES string of the molecule is CC(C)[C@H](NC(=O)CCCc1nc2ccccc2c(=O)[nH]1)C(=O)O. The van der Waals surface area contributed by atoms with Crippen molar-refractivity contribution in [3.8, 4) is 0 Å². The number of aryl methyl sites for hydroxylation is 1. The summed E-state index contributed by atoms with van der Waals surface area (Å²) in [5.41, 5.74) is 0.414. The van der Waals surface area contributed by atoms with Crippen molar-refractivity contribution in [2.45, 2.75) is 39.2 Å². The lowest BCUT2D eigenvalue weighted by Crippen LogP contribution is -2.44. The van der Waals surface area contributed by atoms with E-state index in [1.54, 1.807) is 32.0 Å². The second kappa shape index (κ2) is 7.72. The van der Waals surface area contributed by atoms with Crippen molar-refractivity contribution in [2.24, 2.45) is 5.92 Å². The minimum absolute atomic E-state index is 0.174. The molecule has 1 amide bonds. The van der Waals surface area contributed by atoms with Gasteiger partial charge in [0.25, 0.3) is 5.56 Å². The number of benzene rings is 1. The first-order chi connectivity index (χ1) is 11.4. The number of para-hydroxylation sites is 1. The first-order valence-electron chi connectivity index (χ1n) is 7.88. The van der Waals surface area contributed by atoms with Gasteiger partial charge < -0.3 is 15.4 Å². The van der Waals surface area contributed by atoms with Crippen molar-refractivity contribution in [3.63, 3.8) is 0 Å². The van der Waals surface area contributed by atoms with Crippen molar-refractivity contribution in [2.75, 3.05) is 0 Å². The van der Waals surface area contributed by atoms with Gasteiger partial charge in [-0.1, -0.05) is 26.0 Å². The maximum Gasteiger partial charge on any atom is 0.326 e. The van der Waals surface area contributed by atoms with Crippen LogP contribution in [0.4, 0.5) is 0 Å². The van der Waals surface area contributed by atoms with Gasteiger partial charge >= 0.3 is 5.97 Å². The molecule has 24 heavy (non-hydrogen) atoms. The van der Waals surface area contributed by atoms with E-state index in [0.29, 0.717) is 29.6 Å². The number of nitrogens with one attached hydrogen (secondary N) is 2. The van der Waals surface area contributed by atoms with Gasteiger partial charge in [-0.3, -0.25) is 9.59 Å². The predicted octanol–water partition coefficient (Wildman–Crippen LogP) is 1.47. The van der Waals surface area contributed by atoms with Gasteiger partial charge in [0.2, 0.25) is 5.91 Å². The fraction of sp³-hybridized carbons (Fsp3) is 0.412. The number of carboxylic acids is 1. The molecule has 1 aromatic carbocycles. The van der Waals surface area contributed by atoms with Crippen LogP contribution in [0.1, 0.15) is 32.5 Å². The fourth-order valence-electron chi connectivity index (χ4n) is 2.43. The first-order valence-corrected chi connectivity index (χ1v) is 7.88. The second-order valence-corrected chi connectivity index (χ2v) is 6.01. The molecule has 0 aliphatic heterocycles. The third-order valence-electron chi connectivity index (χ3n) is 3.73. The number of aromatic amines is 1. The lowest BCUT2D eigenvalue weighted by molar-refractivity contribution is -0.143.